The third-order valence-corrected chi connectivity index (χ3v) is 3.93. The van der Waals surface area contributed by atoms with Crippen LogP contribution in [0.5, 0.6) is 0 Å². The molecule has 0 radical (unpaired) electrons. The third-order valence-electron chi connectivity index (χ3n) is 3.75. The van der Waals surface area contributed by atoms with Gasteiger partial charge in [-0.25, -0.2) is 9.37 Å². The van der Waals surface area contributed by atoms with E-state index in [4.69, 9.17) is 11.6 Å². The van der Waals surface area contributed by atoms with E-state index in [1.54, 1.807) is 13.0 Å². The first-order valence-corrected chi connectivity index (χ1v) is 7.45. The lowest BCUT2D eigenvalue weighted by atomic mass is 10.1. The van der Waals surface area contributed by atoms with Gasteiger partial charge in [0.2, 0.25) is 0 Å². The Morgan fingerprint density at radius 2 is 1.90 bits per heavy atom. The van der Waals surface area contributed by atoms with Crippen molar-refractivity contribution in [3.8, 4) is 5.69 Å². The van der Waals surface area contributed by atoms with Crippen LogP contribution in [0, 0.1) is 19.7 Å². The van der Waals surface area contributed by atoms with Crippen molar-refractivity contribution in [2.75, 3.05) is 5.88 Å². The van der Waals surface area contributed by atoms with Crippen LogP contribution < -0.4 is 0 Å². The summed E-state index contributed by atoms with van der Waals surface area (Å²) >= 11 is 5.91. The summed E-state index contributed by atoms with van der Waals surface area (Å²) in [6.45, 7) is 3.83. The monoisotopic (exact) mass is 302 g/mol. The number of rotatable bonds is 3. The van der Waals surface area contributed by atoms with Gasteiger partial charge < -0.3 is 0 Å². The number of aryl methyl sites for hydroxylation is 2. The van der Waals surface area contributed by atoms with E-state index in [9.17, 15) is 4.39 Å². The number of nitrogens with zero attached hydrogens (tertiary/aromatic N) is 2. The molecule has 0 fully saturated rings. The number of para-hydroxylation sites is 1. The molecule has 2 nitrogen and oxygen atoms in total. The number of benzene rings is 2. The quantitative estimate of drug-likeness (QED) is 0.648. The minimum Gasteiger partial charge on any atom is -0.296 e. The molecule has 0 aliphatic heterocycles. The molecular formula is C17H16ClFN2. The van der Waals surface area contributed by atoms with Crippen LogP contribution in [0.2, 0.25) is 0 Å². The Morgan fingerprint density at radius 3 is 2.67 bits per heavy atom. The standard InChI is InChI=1S/C17H16ClFN2/c1-11-5-3-7-14-17(11)21(16(20-14)9-10-18)15-8-4-6-13(19)12(15)2/h3-8H,9-10H2,1-2H3. The molecule has 0 bridgehead atoms. The van der Waals surface area contributed by atoms with Gasteiger partial charge in [0.25, 0.3) is 0 Å². The first-order valence-electron chi connectivity index (χ1n) is 6.92. The summed E-state index contributed by atoms with van der Waals surface area (Å²) < 4.78 is 16.0. The van der Waals surface area contributed by atoms with E-state index in [-0.39, 0.29) is 5.82 Å². The van der Waals surface area contributed by atoms with Crippen molar-refractivity contribution in [2.45, 2.75) is 20.3 Å². The van der Waals surface area contributed by atoms with Crippen LogP contribution in [0.1, 0.15) is 17.0 Å². The van der Waals surface area contributed by atoms with Gasteiger partial charge in [0.05, 0.1) is 16.7 Å². The second kappa shape index (κ2) is 5.49. The summed E-state index contributed by atoms with van der Waals surface area (Å²) in [5.41, 5.74) is 4.50. The van der Waals surface area contributed by atoms with Crippen molar-refractivity contribution in [1.29, 1.82) is 0 Å². The van der Waals surface area contributed by atoms with Crippen LogP contribution in [-0.2, 0) is 6.42 Å². The molecule has 1 aromatic heterocycles. The Labute approximate surface area is 128 Å². The number of alkyl halides is 1. The summed E-state index contributed by atoms with van der Waals surface area (Å²) in [4.78, 5) is 4.67. The molecule has 0 saturated heterocycles. The normalized spacial score (nSPS) is 11.2. The molecule has 108 valence electrons. The summed E-state index contributed by atoms with van der Waals surface area (Å²) in [5.74, 6) is 1.14. The van der Waals surface area contributed by atoms with Gasteiger partial charge in [-0.2, -0.15) is 0 Å². The van der Waals surface area contributed by atoms with Crippen molar-refractivity contribution in [1.82, 2.24) is 9.55 Å². The van der Waals surface area contributed by atoms with Gasteiger partial charge in [0.15, 0.2) is 0 Å². The van der Waals surface area contributed by atoms with Crippen molar-refractivity contribution in [2.24, 2.45) is 0 Å². The molecule has 0 N–H and O–H groups in total. The second-order valence-electron chi connectivity index (χ2n) is 5.13. The highest BCUT2D eigenvalue weighted by molar-refractivity contribution is 6.18. The van der Waals surface area contributed by atoms with Crippen molar-refractivity contribution >= 4 is 22.6 Å². The van der Waals surface area contributed by atoms with Crippen molar-refractivity contribution < 1.29 is 4.39 Å². The average Bonchev–Trinajstić information content (AvgIpc) is 2.82. The molecular weight excluding hydrogens is 287 g/mol. The van der Waals surface area contributed by atoms with Crippen LogP contribution in [0.15, 0.2) is 36.4 Å². The number of hydrogen-bond donors (Lipinski definition) is 0. The number of halogens is 2. The Balaban J connectivity index is 2.39. The smallest absolute Gasteiger partial charge is 0.128 e. The highest BCUT2D eigenvalue weighted by atomic mass is 35.5. The maximum atomic E-state index is 13.9. The molecule has 4 heteroatoms. The highest BCUT2D eigenvalue weighted by Gasteiger charge is 2.16. The van der Waals surface area contributed by atoms with E-state index in [0.717, 1.165) is 28.1 Å². The summed E-state index contributed by atoms with van der Waals surface area (Å²) in [7, 11) is 0. The largest absolute Gasteiger partial charge is 0.296 e. The van der Waals surface area contributed by atoms with Gasteiger partial charge in [0, 0.05) is 17.9 Å². The first-order chi connectivity index (χ1) is 10.1. The fourth-order valence-corrected chi connectivity index (χ4v) is 2.86. The van der Waals surface area contributed by atoms with Crippen LogP contribution in [0.25, 0.3) is 16.7 Å². The Morgan fingerprint density at radius 1 is 1.14 bits per heavy atom. The Bertz CT molecular complexity index is 808. The number of fused-ring (bicyclic) bond motifs is 1. The van der Waals surface area contributed by atoms with Crippen molar-refractivity contribution in [3.05, 3.63) is 59.2 Å². The second-order valence-corrected chi connectivity index (χ2v) is 5.51. The van der Waals surface area contributed by atoms with Crippen LogP contribution in [-0.4, -0.2) is 15.4 Å². The predicted octanol–water partition coefficient (Wildman–Crippen LogP) is 4.56. The molecule has 0 amide bonds. The summed E-state index contributed by atoms with van der Waals surface area (Å²) in [6, 6.07) is 11.1. The lowest BCUT2D eigenvalue weighted by molar-refractivity contribution is 0.616. The fourth-order valence-electron chi connectivity index (χ4n) is 2.69. The zero-order chi connectivity index (χ0) is 15.0. The van der Waals surface area contributed by atoms with E-state index >= 15 is 0 Å². The lowest BCUT2D eigenvalue weighted by Crippen LogP contribution is -2.05. The Kier molecular flexibility index (Phi) is 3.68. The number of aromatic nitrogens is 2. The molecule has 3 rings (SSSR count). The molecule has 0 atom stereocenters. The molecule has 0 unspecified atom stereocenters. The van der Waals surface area contributed by atoms with E-state index in [2.05, 4.69) is 4.98 Å². The van der Waals surface area contributed by atoms with E-state index in [1.165, 1.54) is 6.07 Å². The predicted molar refractivity (Wildman–Crippen MR) is 84.9 cm³/mol. The van der Waals surface area contributed by atoms with E-state index in [0.29, 0.717) is 17.9 Å². The van der Waals surface area contributed by atoms with Gasteiger partial charge in [-0.1, -0.05) is 18.2 Å². The number of imidazole rings is 1. The third kappa shape index (κ3) is 2.32. The van der Waals surface area contributed by atoms with Crippen LogP contribution >= 0.6 is 11.6 Å². The molecule has 1 heterocycles. The molecule has 3 aromatic rings. The van der Waals surface area contributed by atoms with E-state index < -0.39 is 0 Å². The van der Waals surface area contributed by atoms with Gasteiger partial charge in [-0.15, -0.1) is 11.6 Å². The van der Waals surface area contributed by atoms with Gasteiger partial charge in [-0.05, 0) is 37.6 Å². The topological polar surface area (TPSA) is 17.8 Å². The summed E-state index contributed by atoms with van der Waals surface area (Å²) in [5, 5.41) is 0. The Hall–Kier alpha value is -1.87. The minimum atomic E-state index is -0.209. The molecule has 2 aromatic carbocycles. The van der Waals surface area contributed by atoms with Gasteiger partial charge >= 0.3 is 0 Å². The van der Waals surface area contributed by atoms with Gasteiger partial charge in [0.1, 0.15) is 11.6 Å². The maximum absolute atomic E-state index is 13.9. The maximum Gasteiger partial charge on any atom is 0.128 e. The minimum absolute atomic E-state index is 0.209. The molecule has 0 aliphatic carbocycles. The van der Waals surface area contributed by atoms with E-state index in [1.807, 2.05) is 35.8 Å². The molecule has 0 spiro atoms. The lowest BCUT2D eigenvalue weighted by Gasteiger charge is -2.13. The fraction of sp³-hybridized carbons (Fsp3) is 0.235. The molecule has 0 aliphatic rings. The number of hydrogen-bond acceptors (Lipinski definition) is 1. The average molecular weight is 303 g/mol. The van der Waals surface area contributed by atoms with Gasteiger partial charge in [-0.3, -0.25) is 4.57 Å². The molecule has 0 saturated carbocycles. The first kappa shape index (κ1) is 14.1. The summed E-state index contributed by atoms with van der Waals surface area (Å²) in [6.07, 6.45) is 0.644. The van der Waals surface area contributed by atoms with Crippen LogP contribution in [0.3, 0.4) is 0 Å². The molecule has 21 heavy (non-hydrogen) atoms. The zero-order valence-electron chi connectivity index (χ0n) is 12.0. The highest BCUT2D eigenvalue weighted by Crippen LogP contribution is 2.27. The zero-order valence-corrected chi connectivity index (χ0v) is 12.8. The van der Waals surface area contributed by atoms with Crippen molar-refractivity contribution in [3.63, 3.8) is 0 Å². The SMILES string of the molecule is Cc1c(F)cccc1-n1c(CCCl)nc2cccc(C)c21. The van der Waals surface area contributed by atoms with Crippen LogP contribution in [0.4, 0.5) is 4.39 Å².